The summed E-state index contributed by atoms with van der Waals surface area (Å²) >= 11 is 6.09. The summed E-state index contributed by atoms with van der Waals surface area (Å²) in [4.78, 5) is 12.3. The first-order chi connectivity index (χ1) is 12.1. The zero-order valence-corrected chi connectivity index (χ0v) is 13.6. The molecule has 0 radical (unpaired) electrons. The zero-order chi connectivity index (χ0) is 17.8. The molecule has 0 fully saturated rings. The third-order valence-corrected chi connectivity index (χ3v) is 3.69. The van der Waals surface area contributed by atoms with Crippen LogP contribution in [0.2, 0.25) is 5.02 Å². The Morgan fingerprint density at radius 2 is 1.92 bits per heavy atom. The third kappa shape index (κ3) is 3.61. The van der Waals surface area contributed by atoms with E-state index in [1.165, 1.54) is 35.3 Å². The van der Waals surface area contributed by atoms with E-state index in [1.807, 2.05) is 6.07 Å². The zero-order valence-electron chi connectivity index (χ0n) is 12.8. The van der Waals surface area contributed by atoms with Crippen molar-refractivity contribution in [2.75, 3.05) is 5.43 Å². The lowest BCUT2D eigenvalue weighted by Crippen LogP contribution is -2.22. The van der Waals surface area contributed by atoms with Gasteiger partial charge in [-0.15, -0.1) is 0 Å². The van der Waals surface area contributed by atoms with Gasteiger partial charge in [-0.1, -0.05) is 29.8 Å². The predicted octanol–water partition coefficient (Wildman–Crippen LogP) is 2.74. The molecule has 0 amide bonds. The van der Waals surface area contributed by atoms with Gasteiger partial charge in [0.05, 0.1) is 18.1 Å². The Kier molecular flexibility index (Phi) is 4.67. The molecule has 3 rings (SSSR count). The Balaban J connectivity index is 1.83. The van der Waals surface area contributed by atoms with Crippen LogP contribution in [0.25, 0.3) is 5.69 Å². The summed E-state index contributed by atoms with van der Waals surface area (Å²) in [6.45, 7) is 0. The SMILES string of the molecule is O=c1c(Cl)c(N/N=C/c2ccc(O)cc2O)cnn1-c1ccccc1. The fourth-order valence-corrected chi connectivity index (χ4v) is 2.25. The van der Waals surface area contributed by atoms with E-state index in [4.69, 9.17) is 11.6 Å². The number of halogens is 1. The molecule has 0 bridgehead atoms. The number of rotatable bonds is 4. The number of aromatic nitrogens is 2. The summed E-state index contributed by atoms with van der Waals surface area (Å²) in [6, 6.07) is 13.0. The van der Waals surface area contributed by atoms with E-state index in [0.717, 1.165) is 0 Å². The predicted molar refractivity (Wildman–Crippen MR) is 95.8 cm³/mol. The van der Waals surface area contributed by atoms with Crippen LogP contribution in [0.15, 0.2) is 64.6 Å². The van der Waals surface area contributed by atoms with Crippen LogP contribution in [0.4, 0.5) is 5.69 Å². The van der Waals surface area contributed by atoms with E-state index in [-0.39, 0.29) is 22.2 Å². The van der Waals surface area contributed by atoms with Gasteiger partial charge in [0.25, 0.3) is 5.56 Å². The number of anilines is 1. The molecule has 25 heavy (non-hydrogen) atoms. The molecule has 3 aromatic rings. The lowest BCUT2D eigenvalue weighted by atomic mass is 10.2. The Labute approximate surface area is 147 Å². The molecule has 7 nitrogen and oxygen atoms in total. The van der Waals surface area contributed by atoms with Gasteiger partial charge in [-0.25, -0.2) is 0 Å². The van der Waals surface area contributed by atoms with Crippen LogP contribution in [0.1, 0.15) is 5.56 Å². The molecule has 0 aliphatic rings. The first-order valence-corrected chi connectivity index (χ1v) is 7.58. The van der Waals surface area contributed by atoms with Crippen molar-refractivity contribution in [2.45, 2.75) is 0 Å². The summed E-state index contributed by atoms with van der Waals surface area (Å²) in [7, 11) is 0. The van der Waals surface area contributed by atoms with Crippen LogP contribution in [-0.4, -0.2) is 26.2 Å². The number of hydrogen-bond donors (Lipinski definition) is 3. The van der Waals surface area contributed by atoms with Crippen LogP contribution in [0.5, 0.6) is 11.5 Å². The maximum Gasteiger partial charge on any atom is 0.292 e. The lowest BCUT2D eigenvalue weighted by molar-refractivity contribution is 0.450. The average molecular weight is 357 g/mol. The number of hydrazone groups is 1. The van der Waals surface area contributed by atoms with Crippen molar-refractivity contribution in [1.29, 1.82) is 0 Å². The number of hydrogen-bond acceptors (Lipinski definition) is 6. The molecule has 0 atom stereocenters. The van der Waals surface area contributed by atoms with E-state index in [9.17, 15) is 15.0 Å². The first kappa shape index (κ1) is 16.5. The molecule has 8 heteroatoms. The van der Waals surface area contributed by atoms with E-state index in [1.54, 1.807) is 24.3 Å². The number of para-hydroxylation sites is 1. The van der Waals surface area contributed by atoms with Gasteiger partial charge >= 0.3 is 0 Å². The van der Waals surface area contributed by atoms with Crippen molar-refractivity contribution in [3.05, 3.63) is 75.7 Å². The maximum atomic E-state index is 12.3. The van der Waals surface area contributed by atoms with Crippen LogP contribution in [-0.2, 0) is 0 Å². The Morgan fingerprint density at radius 3 is 2.64 bits per heavy atom. The van der Waals surface area contributed by atoms with Gasteiger partial charge in [-0.05, 0) is 24.3 Å². The molecule has 0 saturated carbocycles. The molecule has 0 aliphatic heterocycles. The molecular formula is C17H13ClN4O3. The van der Waals surface area contributed by atoms with Gasteiger partial charge in [0.1, 0.15) is 22.2 Å². The maximum absolute atomic E-state index is 12.3. The van der Waals surface area contributed by atoms with Crippen LogP contribution < -0.4 is 11.0 Å². The lowest BCUT2D eigenvalue weighted by Gasteiger charge is -2.07. The fraction of sp³-hybridized carbons (Fsp3) is 0. The monoisotopic (exact) mass is 356 g/mol. The van der Waals surface area contributed by atoms with Crippen molar-refractivity contribution in [3.8, 4) is 17.2 Å². The summed E-state index contributed by atoms with van der Waals surface area (Å²) in [5, 5.41) is 26.8. The van der Waals surface area contributed by atoms with Crippen molar-refractivity contribution in [1.82, 2.24) is 9.78 Å². The fourth-order valence-electron chi connectivity index (χ4n) is 2.08. The third-order valence-electron chi connectivity index (χ3n) is 3.32. The number of nitrogens with one attached hydrogen (secondary N) is 1. The number of phenols is 2. The van der Waals surface area contributed by atoms with E-state index in [0.29, 0.717) is 11.3 Å². The molecule has 1 aromatic heterocycles. The van der Waals surface area contributed by atoms with Gasteiger partial charge in [0, 0.05) is 11.6 Å². The largest absolute Gasteiger partial charge is 0.508 e. The second-order valence-corrected chi connectivity index (χ2v) is 5.42. The molecule has 1 heterocycles. The summed E-state index contributed by atoms with van der Waals surface area (Å²) in [5.74, 6) is -0.186. The highest BCUT2D eigenvalue weighted by molar-refractivity contribution is 6.32. The summed E-state index contributed by atoms with van der Waals surface area (Å²) in [5.41, 5.74) is 3.33. The molecule has 3 N–H and O–H groups in total. The highest BCUT2D eigenvalue weighted by Crippen LogP contribution is 2.21. The van der Waals surface area contributed by atoms with E-state index >= 15 is 0 Å². The standard InChI is InChI=1S/C17H13ClN4O3/c18-16-14(21-19-9-11-6-7-13(23)8-15(11)24)10-20-22(17(16)25)12-4-2-1-3-5-12/h1-10,21,23-24H/b19-9+. The van der Waals surface area contributed by atoms with Crippen molar-refractivity contribution in [2.24, 2.45) is 5.10 Å². The molecule has 0 aliphatic carbocycles. The molecule has 2 aromatic carbocycles. The second-order valence-electron chi connectivity index (χ2n) is 5.04. The second kappa shape index (κ2) is 7.06. The minimum Gasteiger partial charge on any atom is -0.508 e. The van der Waals surface area contributed by atoms with E-state index < -0.39 is 5.56 Å². The Hall–Kier alpha value is -3.32. The minimum absolute atomic E-state index is 0.0561. The van der Waals surface area contributed by atoms with Gasteiger partial charge in [-0.2, -0.15) is 14.9 Å². The normalized spacial score (nSPS) is 10.9. The first-order valence-electron chi connectivity index (χ1n) is 7.20. The molecule has 0 spiro atoms. The average Bonchev–Trinajstić information content (AvgIpc) is 2.61. The van der Waals surface area contributed by atoms with Crippen molar-refractivity contribution < 1.29 is 10.2 Å². The highest BCUT2D eigenvalue weighted by Gasteiger charge is 2.10. The summed E-state index contributed by atoms with van der Waals surface area (Å²) in [6.07, 6.45) is 2.71. The minimum atomic E-state index is -0.486. The smallest absolute Gasteiger partial charge is 0.292 e. The topological polar surface area (TPSA) is 99.7 Å². The van der Waals surface area contributed by atoms with Crippen molar-refractivity contribution in [3.63, 3.8) is 0 Å². The van der Waals surface area contributed by atoms with Crippen molar-refractivity contribution >= 4 is 23.5 Å². The highest BCUT2D eigenvalue weighted by atomic mass is 35.5. The molecule has 126 valence electrons. The van der Waals surface area contributed by atoms with Crippen LogP contribution >= 0.6 is 11.6 Å². The quantitative estimate of drug-likeness (QED) is 0.493. The number of phenolic OH excluding ortho intramolecular Hbond substituents is 2. The summed E-state index contributed by atoms with van der Waals surface area (Å²) < 4.78 is 1.18. The van der Waals surface area contributed by atoms with Gasteiger partial charge in [0.15, 0.2) is 0 Å². The number of nitrogens with zero attached hydrogens (tertiary/aromatic N) is 3. The van der Waals surface area contributed by atoms with Gasteiger partial charge < -0.3 is 10.2 Å². The molecule has 0 unspecified atom stereocenters. The molecule has 0 saturated heterocycles. The number of aromatic hydroxyl groups is 2. The van der Waals surface area contributed by atoms with Gasteiger partial charge in [-0.3, -0.25) is 10.2 Å². The number of benzene rings is 2. The van der Waals surface area contributed by atoms with Gasteiger partial charge in [0.2, 0.25) is 0 Å². The van der Waals surface area contributed by atoms with E-state index in [2.05, 4.69) is 15.6 Å². The molecular weight excluding hydrogens is 344 g/mol. The Morgan fingerprint density at radius 1 is 1.16 bits per heavy atom. The van der Waals surface area contributed by atoms with Crippen LogP contribution in [0, 0.1) is 0 Å². The van der Waals surface area contributed by atoms with Crippen LogP contribution in [0.3, 0.4) is 0 Å². The Bertz CT molecular complexity index is 987.